The van der Waals surface area contributed by atoms with Crippen molar-refractivity contribution in [1.82, 2.24) is 9.29 Å². The van der Waals surface area contributed by atoms with Gasteiger partial charge in [-0.25, -0.2) is 8.42 Å². The van der Waals surface area contributed by atoms with E-state index in [9.17, 15) is 13.2 Å². The molecule has 0 spiro atoms. The fourth-order valence-corrected chi connectivity index (χ4v) is 3.57. The van der Waals surface area contributed by atoms with Gasteiger partial charge in [0.2, 0.25) is 10.0 Å². The van der Waals surface area contributed by atoms with Gasteiger partial charge in [-0.3, -0.25) is 9.78 Å². The van der Waals surface area contributed by atoms with Gasteiger partial charge in [0, 0.05) is 31.9 Å². The van der Waals surface area contributed by atoms with Crippen LogP contribution < -0.4 is 0 Å². The molecule has 1 aromatic rings. The Balaban J connectivity index is 2.12. The largest absolute Gasteiger partial charge is 0.481 e. The Kier molecular flexibility index (Phi) is 3.63. The Morgan fingerprint density at radius 1 is 1.56 bits per heavy atom. The maximum atomic E-state index is 12.2. The maximum absolute atomic E-state index is 12.2. The second-order valence-electron chi connectivity index (χ2n) is 4.30. The summed E-state index contributed by atoms with van der Waals surface area (Å²) in [6.07, 6.45) is 3.42. The van der Waals surface area contributed by atoms with Gasteiger partial charge in [0.05, 0.1) is 0 Å². The van der Waals surface area contributed by atoms with Crippen LogP contribution in [0, 0.1) is 5.92 Å². The van der Waals surface area contributed by atoms with Crippen LogP contribution in [-0.2, 0) is 14.8 Å². The number of hydrogen-bond donors (Lipinski definition) is 1. The molecular weight excluding hydrogens is 256 g/mol. The van der Waals surface area contributed by atoms with Crippen molar-refractivity contribution in [3.63, 3.8) is 0 Å². The molecule has 98 valence electrons. The Labute approximate surface area is 105 Å². The van der Waals surface area contributed by atoms with Gasteiger partial charge < -0.3 is 5.11 Å². The van der Waals surface area contributed by atoms with E-state index in [0.717, 1.165) is 0 Å². The molecule has 18 heavy (non-hydrogen) atoms. The molecule has 0 saturated carbocycles. The van der Waals surface area contributed by atoms with Gasteiger partial charge >= 0.3 is 5.97 Å². The predicted octanol–water partition coefficient (Wildman–Crippen LogP) is 0.567. The number of carboxylic acids is 1. The Morgan fingerprint density at radius 3 is 2.94 bits per heavy atom. The molecule has 1 fully saturated rings. The lowest BCUT2D eigenvalue weighted by molar-refractivity contribution is -0.137. The first-order valence-corrected chi connectivity index (χ1v) is 7.06. The molecule has 1 saturated heterocycles. The first-order valence-electron chi connectivity index (χ1n) is 5.62. The number of nitrogens with zero attached hydrogens (tertiary/aromatic N) is 2. The van der Waals surface area contributed by atoms with Gasteiger partial charge in [0.15, 0.2) is 0 Å². The second-order valence-corrected chi connectivity index (χ2v) is 6.24. The summed E-state index contributed by atoms with van der Waals surface area (Å²) < 4.78 is 25.7. The number of rotatable bonds is 4. The van der Waals surface area contributed by atoms with Crippen LogP contribution in [0.4, 0.5) is 0 Å². The monoisotopic (exact) mass is 270 g/mol. The molecule has 1 N–H and O–H groups in total. The summed E-state index contributed by atoms with van der Waals surface area (Å²) in [4.78, 5) is 14.5. The van der Waals surface area contributed by atoms with Crippen molar-refractivity contribution in [3.05, 3.63) is 24.5 Å². The average Bonchev–Trinajstić information content (AvgIpc) is 2.78. The first-order chi connectivity index (χ1) is 8.50. The molecule has 0 bridgehead atoms. The zero-order valence-electron chi connectivity index (χ0n) is 9.69. The molecule has 7 heteroatoms. The Bertz CT molecular complexity index is 529. The van der Waals surface area contributed by atoms with Crippen LogP contribution in [0.3, 0.4) is 0 Å². The Hall–Kier alpha value is -1.47. The van der Waals surface area contributed by atoms with E-state index in [-0.39, 0.29) is 23.8 Å². The van der Waals surface area contributed by atoms with Crippen LogP contribution in [0.1, 0.15) is 12.8 Å². The standard InChI is InChI=1S/C11H14N2O4S/c14-11(15)6-9-3-5-13(8-9)18(16,17)10-2-1-4-12-7-10/h1-2,4,7,9H,3,5-6,8H2,(H,14,15). The minimum Gasteiger partial charge on any atom is -0.481 e. The van der Waals surface area contributed by atoms with Crippen LogP contribution in [0.2, 0.25) is 0 Å². The topological polar surface area (TPSA) is 87.6 Å². The van der Waals surface area contributed by atoms with Crippen LogP contribution >= 0.6 is 0 Å². The number of carboxylic acid groups (broad SMARTS) is 1. The lowest BCUT2D eigenvalue weighted by atomic mass is 10.1. The molecule has 0 amide bonds. The summed E-state index contributed by atoms with van der Waals surface area (Å²) in [5.74, 6) is -0.991. The van der Waals surface area contributed by atoms with E-state index < -0.39 is 16.0 Å². The number of sulfonamides is 1. The zero-order chi connectivity index (χ0) is 13.2. The molecule has 1 aliphatic heterocycles. The van der Waals surface area contributed by atoms with Gasteiger partial charge in [-0.05, 0) is 24.5 Å². The van der Waals surface area contributed by atoms with Crippen LogP contribution in [0.5, 0.6) is 0 Å². The van der Waals surface area contributed by atoms with Gasteiger partial charge in [-0.1, -0.05) is 0 Å². The van der Waals surface area contributed by atoms with Gasteiger partial charge in [0.1, 0.15) is 4.90 Å². The minimum atomic E-state index is -3.53. The average molecular weight is 270 g/mol. The number of aromatic nitrogens is 1. The van der Waals surface area contributed by atoms with Crippen LogP contribution in [0.25, 0.3) is 0 Å². The highest BCUT2D eigenvalue weighted by atomic mass is 32.2. The first kappa shape index (κ1) is 13.0. The van der Waals surface area contributed by atoms with E-state index in [1.807, 2.05) is 0 Å². The highest BCUT2D eigenvalue weighted by Gasteiger charge is 2.33. The van der Waals surface area contributed by atoms with Crippen molar-refractivity contribution in [3.8, 4) is 0 Å². The predicted molar refractivity (Wildman–Crippen MR) is 63.4 cm³/mol. The van der Waals surface area contributed by atoms with E-state index in [4.69, 9.17) is 5.11 Å². The normalized spacial score (nSPS) is 21.0. The van der Waals surface area contributed by atoms with Crippen molar-refractivity contribution < 1.29 is 18.3 Å². The van der Waals surface area contributed by atoms with Gasteiger partial charge in [-0.2, -0.15) is 4.31 Å². The molecule has 0 aromatic carbocycles. The molecular formula is C11H14N2O4S. The highest BCUT2D eigenvalue weighted by Crippen LogP contribution is 2.25. The second kappa shape index (κ2) is 5.03. The molecule has 2 rings (SSSR count). The fraction of sp³-hybridized carbons (Fsp3) is 0.455. The summed E-state index contributed by atoms with van der Waals surface area (Å²) in [5, 5.41) is 8.70. The molecule has 1 atom stereocenters. The molecule has 6 nitrogen and oxygen atoms in total. The van der Waals surface area contributed by atoms with Crippen molar-refractivity contribution in [1.29, 1.82) is 0 Å². The smallest absolute Gasteiger partial charge is 0.303 e. The SMILES string of the molecule is O=C(O)CC1CCN(S(=O)(=O)c2cccnc2)C1. The van der Waals surface area contributed by atoms with Crippen molar-refractivity contribution in [2.24, 2.45) is 5.92 Å². The van der Waals surface area contributed by atoms with E-state index in [1.54, 1.807) is 6.07 Å². The molecule has 1 aromatic heterocycles. The molecule has 0 radical (unpaired) electrons. The van der Waals surface area contributed by atoms with E-state index in [0.29, 0.717) is 13.0 Å². The van der Waals surface area contributed by atoms with Gasteiger partial charge in [-0.15, -0.1) is 0 Å². The number of aliphatic carboxylic acids is 1. The number of pyridine rings is 1. The molecule has 2 heterocycles. The number of hydrogen-bond acceptors (Lipinski definition) is 4. The lowest BCUT2D eigenvalue weighted by Crippen LogP contribution is -2.29. The van der Waals surface area contributed by atoms with Crippen molar-refractivity contribution in [2.75, 3.05) is 13.1 Å². The minimum absolute atomic E-state index is 0.0130. The van der Waals surface area contributed by atoms with Crippen LogP contribution in [0.15, 0.2) is 29.4 Å². The quantitative estimate of drug-likeness (QED) is 0.864. The third-order valence-corrected chi connectivity index (χ3v) is 4.83. The van der Waals surface area contributed by atoms with Crippen LogP contribution in [-0.4, -0.2) is 41.9 Å². The fourth-order valence-electron chi connectivity index (χ4n) is 2.08. The van der Waals surface area contributed by atoms with Crippen molar-refractivity contribution in [2.45, 2.75) is 17.7 Å². The van der Waals surface area contributed by atoms with Crippen molar-refractivity contribution >= 4 is 16.0 Å². The summed E-state index contributed by atoms with van der Waals surface area (Å²) >= 11 is 0. The third kappa shape index (κ3) is 2.68. The summed E-state index contributed by atoms with van der Waals surface area (Å²) in [5.41, 5.74) is 0. The third-order valence-electron chi connectivity index (χ3n) is 2.98. The zero-order valence-corrected chi connectivity index (χ0v) is 10.5. The Morgan fingerprint density at radius 2 is 2.33 bits per heavy atom. The summed E-state index contributed by atoms with van der Waals surface area (Å²) in [6.45, 7) is 0.638. The summed E-state index contributed by atoms with van der Waals surface area (Å²) in [6, 6.07) is 3.06. The molecule has 0 aliphatic carbocycles. The number of carbonyl (C=O) groups is 1. The maximum Gasteiger partial charge on any atom is 0.303 e. The molecule has 1 aliphatic rings. The van der Waals surface area contributed by atoms with E-state index in [2.05, 4.69) is 4.98 Å². The van der Waals surface area contributed by atoms with E-state index >= 15 is 0 Å². The van der Waals surface area contributed by atoms with Gasteiger partial charge in [0.25, 0.3) is 0 Å². The summed E-state index contributed by atoms with van der Waals surface area (Å²) in [7, 11) is -3.53. The lowest BCUT2D eigenvalue weighted by Gasteiger charge is -2.15. The van der Waals surface area contributed by atoms with E-state index in [1.165, 1.54) is 22.8 Å². The highest BCUT2D eigenvalue weighted by molar-refractivity contribution is 7.89. The molecule has 1 unspecified atom stereocenters.